The van der Waals surface area contributed by atoms with Crippen LogP contribution in [-0.2, 0) is 4.74 Å². The van der Waals surface area contributed by atoms with E-state index in [1.807, 2.05) is 36.1 Å². The van der Waals surface area contributed by atoms with Gasteiger partial charge in [0.05, 0.1) is 25.3 Å². The Hall–Kier alpha value is -1.55. The van der Waals surface area contributed by atoms with E-state index >= 15 is 0 Å². The maximum absolute atomic E-state index is 12.3. The van der Waals surface area contributed by atoms with Crippen LogP contribution in [0, 0.1) is 6.92 Å². The van der Waals surface area contributed by atoms with Crippen LogP contribution in [0.5, 0.6) is 0 Å². The summed E-state index contributed by atoms with van der Waals surface area (Å²) in [5, 5.41) is 3.01. The number of anilines is 1. The molecule has 0 saturated carbocycles. The summed E-state index contributed by atoms with van der Waals surface area (Å²) in [4.78, 5) is 14.3. The molecule has 2 unspecified atom stereocenters. The van der Waals surface area contributed by atoms with E-state index in [0.29, 0.717) is 13.2 Å². The summed E-state index contributed by atoms with van der Waals surface area (Å²) in [7, 11) is 0. The number of rotatable bonds is 1. The lowest BCUT2D eigenvalue weighted by molar-refractivity contribution is 0.00949. The van der Waals surface area contributed by atoms with Gasteiger partial charge in [-0.25, -0.2) is 4.79 Å². The summed E-state index contributed by atoms with van der Waals surface area (Å²) in [5.74, 6) is 0. The topological polar surface area (TPSA) is 41.6 Å². The molecule has 2 saturated heterocycles. The Labute approximate surface area is 107 Å². The molecule has 3 rings (SSSR count). The Bertz CT molecular complexity index is 445. The Morgan fingerprint density at radius 1 is 1.28 bits per heavy atom. The first-order valence-corrected chi connectivity index (χ1v) is 6.48. The Morgan fingerprint density at radius 2 is 1.94 bits per heavy atom. The van der Waals surface area contributed by atoms with Gasteiger partial charge in [-0.3, -0.25) is 0 Å². The summed E-state index contributed by atoms with van der Waals surface area (Å²) in [6, 6.07) is 8.39. The van der Waals surface area contributed by atoms with Crippen LogP contribution in [0.3, 0.4) is 0 Å². The molecule has 0 aliphatic carbocycles. The number of nitrogens with one attached hydrogen (secondary N) is 1. The van der Waals surface area contributed by atoms with Gasteiger partial charge in [0.15, 0.2) is 0 Å². The number of carbonyl (C=O) groups excluding carboxylic acids is 1. The molecule has 4 nitrogen and oxygen atoms in total. The highest BCUT2D eigenvalue weighted by Gasteiger charge is 2.40. The molecule has 1 aromatic carbocycles. The maximum atomic E-state index is 12.3. The van der Waals surface area contributed by atoms with E-state index in [9.17, 15) is 4.79 Å². The van der Waals surface area contributed by atoms with Gasteiger partial charge in [-0.2, -0.15) is 0 Å². The van der Waals surface area contributed by atoms with Gasteiger partial charge in [-0.1, -0.05) is 18.2 Å². The van der Waals surface area contributed by atoms with Crippen LogP contribution >= 0.6 is 0 Å². The van der Waals surface area contributed by atoms with E-state index in [4.69, 9.17) is 4.74 Å². The molecule has 0 spiro atoms. The molecule has 1 N–H and O–H groups in total. The molecule has 2 heterocycles. The highest BCUT2D eigenvalue weighted by atomic mass is 16.5. The number of morpholine rings is 1. The van der Waals surface area contributed by atoms with E-state index in [1.54, 1.807) is 0 Å². The van der Waals surface area contributed by atoms with E-state index in [0.717, 1.165) is 24.1 Å². The quantitative estimate of drug-likeness (QED) is 0.826. The second-order valence-electron chi connectivity index (χ2n) is 5.07. The number of nitrogens with zero attached hydrogens (tertiary/aromatic N) is 1. The molecule has 0 aromatic heterocycles. The van der Waals surface area contributed by atoms with E-state index in [1.165, 1.54) is 0 Å². The first-order valence-electron chi connectivity index (χ1n) is 6.48. The van der Waals surface area contributed by atoms with Crippen LogP contribution in [0.2, 0.25) is 0 Å². The Kier molecular flexibility index (Phi) is 2.96. The monoisotopic (exact) mass is 246 g/mol. The van der Waals surface area contributed by atoms with Gasteiger partial charge < -0.3 is 15.0 Å². The number of hydrogen-bond donors (Lipinski definition) is 1. The standard InChI is InChI=1S/C14H18N2O2/c1-10-4-2-3-5-13(10)15-14(17)16-11-6-7-12(16)9-18-8-11/h2-5,11-12H,6-9H2,1H3,(H,15,17). The zero-order valence-corrected chi connectivity index (χ0v) is 10.6. The summed E-state index contributed by atoms with van der Waals surface area (Å²) < 4.78 is 5.49. The van der Waals surface area contributed by atoms with Gasteiger partial charge in [0.25, 0.3) is 0 Å². The fourth-order valence-electron chi connectivity index (χ4n) is 2.85. The fraction of sp³-hybridized carbons (Fsp3) is 0.500. The van der Waals surface area contributed by atoms with E-state index < -0.39 is 0 Å². The average Bonchev–Trinajstić information content (AvgIpc) is 2.62. The lowest BCUT2D eigenvalue weighted by Crippen LogP contribution is -2.50. The second-order valence-corrected chi connectivity index (χ2v) is 5.07. The molecule has 2 aliphatic heterocycles. The normalized spacial score (nSPS) is 26.2. The summed E-state index contributed by atoms with van der Waals surface area (Å²) in [5.41, 5.74) is 1.99. The van der Waals surface area contributed by atoms with Gasteiger partial charge in [-0.05, 0) is 31.4 Å². The maximum Gasteiger partial charge on any atom is 0.322 e. The van der Waals surface area contributed by atoms with Crippen molar-refractivity contribution < 1.29 is 9.53 Å². The Balaban J connectivity index is 1.74. The van der Waals surface area contributed by atoms with Crippen molar-refractivity contribution in [2.75, 3.05) is 18.5 Å². The molecule has 96 valence electrons. The smallest absolute Gasteiger partial charge is 0.322 e. The minimum Gasteiger partial charge on any atom is -0.377 e. The number of amides is 2. The molecule has 2 bridgehead atoms. The molecule has 2 aliphatic rings. The van der Waals surface area contributed by atoms with Gasteiger partial charge in [0.2, 0.25) is 0 Å². The Morgan fingerprint density at radius 3 is 2.61 bits per heavy atom. The number of aryl methyl sites for hydroxylation is 1. The number of urea groups is 1. The zero-order valence-electron chi connectivity index (χ0n) is 10.6. The van der Waals surface area contributed by atoms with Crippen molar-refractivity contribution in [3.63, 3.8) is 0 Å². The van der Waals surface area contributed by atoms with Crippen molar-refractivity contribution in [1.29, 1.82) is 0 Å². The summed E-state index contributed by atoms with van der Waals surface area (Å²) in [6.07, 6.45) is 2.12. The molecule has 0 radical (unpaired) electrons. The van der Waals surface area contributed by atoms with Crippen molar-refractivity contribution in [3.8, 4) is 0 Å². The third-order valence-electron chi connectivity index (χ3n) is 3.86. The summed E-state index contributed by atoms with van der Waals surface area (Å²) in [6.45, 7) is 3.36. The first kappa shape index (κ1) is 11.5. The zero-order chi connectivity index (χ0) is 12.5. The average molecular weight is 246 g/mol. The molecule has 18 heavy (non-hydrogen) atoms. The van der Waals surface area contributed by atoms with Crippen LogP contribution in [0.1, 0.15) is 18.4 Å². The van der Waals surface area contributed by atoms with Crippen molar-refractivity contribution in [2.45, 2.75) is 31.8 Å². The minimum absolute atomic E-state index is 0.0140. The molecule has 2 atom stereocenters. The molecular weight excluding hydrogens is 228 g/mol. The number of ether oxygens (including phenoxy) is 1. The number of carbonyl (C=O) groups is 1. The lowest BCUT2D eigenvalue weighted by atomic mass is 10.2. The number of fused-ring (bicyclic) bond motifs is 2. The van der Waals surface area contributed by atoms with Gasteiger partial charge in [-0.15, -0.1) is 0 Å². The lowest BCUT2D eigenvalue weighted by Gasteiger charge is -2.34. The van der Waals surface area contributed by atoms with Crippen molar-refractivity contribution >= 4 is 11.7 Å². The molecule has 2 fully saturated rings. The predicted octanol–water partition coefficient (Wildman–Crippen LogP) is 2.39. The molecular formula is C14H18N2O2. The van der Waals surface area contributed by atoms with Crippen molar-refractivity contribution in [3.05, 3.63) is 29.8 Å². The van der Waals surface area contributed by atoms with Crippen LogP contribution in [0.25, 0.3) is 0 Å². The van der Waals surface area contributed by atoms with Crippen molar-refractivity contribution in [1.82, 2.24) is 4.90 Å². The van der Waals surface area contributed by atoms with Crippen LogP contribution in [0.15, 0.2) is 24.3 Å². The number of para-hydroxylation sites is 1. The molecule has 4 heteroatoms. The van der Waals surface area contributed by atoms with Gasteiger partial charge in [0, 0.05) is 5.69 Å². The highest BCUT2D eigenvalue weighted by Crippen LogP contribution is 2.29. The van der Waals surface area contributed by atoms with E-state index in [2.05, 4.69) is 5.32 Å². The molecule has 2 amide bonds. The van der Waals surface area contributed by atoms with E-state index in [-0.39, 0.29) is 18.1 Å². The fourth-order valence-corrected chi connectivity index (χ4v) is 2.85. The SMILES string of the molecule is Cc1ccccc1NC(=O)N1C2CCC1COC2. The summed E-state index contributed by atoms with van der Waals surface area (Å²) >= 11 is 0. The van der Waals surface area contributed by atoms with Crippen LogP contribution in [0.4, 0.5) is 10.5 Å². The number of hydrogen-bond acceptors (Lipinski definition) is 2. The third-order valence-corrected chi connectivity index (χ3v) is 3.86. The van der Waals surface area contributed by atoms with Crippen LogP contribution < -0.4 is 5.32 Å². The minimum atomic E-state index is 0.0140. The largest absolute Gasteiger partial charge is 0.377 e. The predicted molar refractivity (Wildman–Crippen MR) is 69.7 cm³/mol. The van der Waals surface area contributed by atoms with Gasteiger partial charge in [0.1, 0.15) is 0 Å². The van der Waals surface area contributed by atoms with Crippen molar-refractivity contribution in [2.24, 2.45) is 0 Å². The first-order chi connectivity index (χ1) is 8.75. The highest BCUT2D eigenvalue weighted by molar-refractivity contribution is 5.90. The second kappa shape index (κ2) is 4.61. The van der Waals surface area contributed by atoms with Crippen LogP contribution in [-0.4, -0.2) is 36.2 Å². The van der Waals surface area contributed by atoms with Gasteiger partial charge >= 0.3 is 6.03 Å². The molecule has 1 aromatic rings. The number of benzene rings is 1. The third kappa shape index (κ3) is 1.97.